The molecule has 166 valence electrons. The van der Waals surface area contributed by atoms with E-state index in [0.29, 0.717) is 11.2 Å². The molecule has 3 heterocycles. The SMILES string of the molecule is Nc1ncnc2c1ncn2[C@@H]1O[C@H](CO)[C@@H](O)[C@H]1O.O.O=P([O-])([O-])OP(=O)(O)O.[Na+].[Na+]. The van der Waals surface area contributed by atoms with Crippen LogP contribution in [-0.2, 0) is 18.2 Å². The number of anilines is 1. The fourth-order valence-corrected chi connectivity index (χ4v) is 3.34. The maximum absolute atomic E-state index is 9.95. The first-order chi connectivity index (χ1) is 12.8. The second-order valence-electron chi connectivity index (χ2n) is 5.33. The summed E-state index contributed by atoms with van der Waals surface area (Å²) in [6, 6.07) is 0. The summed E-state index contributed by atoms with van der Waals surface area (Å²) in [7, 11) is -10.7. The number of nitrogens with two attached hydrogens (primary N) is 1. The number of nitrogen functional groups attached to an aromatic ring is 1. The molecule has 0 bridgehead atoms. The van der Waals surface area contributed by atoms with E-state index in [0.717, 1.165) is 0 Å². The molecule has 0 amide bonds. The molecule has 17 nitrogen and oxygen atoms in total. The Kier molecular flexibility index (Phi) is 14.4. The van der Waals surface area contributed by atoms with Crippen molar-refractivity contribution in [1.82, 2.24) is 19.5 Å². The van der Waals surface area contributed by atoms with Crippen molar-refractivity contribution < 1.29 is 118 Å². The molecule has 0 spiro atoms. The Labute approximate surface area is 218 Å². The van der Waals surface area contributed by atoms with Crippen LogP contribution in [0.3, 0.4) is 0 Å². The van der Waals surface area contributed by atoms with Crippen LogP contribution < -0.4 is 74.6 Å². The van der Waals surface area contributed by atoms with E-state index >= 15 is 0 Å². The average molecular weight is 507 g/mol. The molecule has 0 saturated carbocycles. The first kappa shape index (κ1) is 33.6. The first-order valence-electron chi connectivity index (χ1n) is 7.18. The van der Waals surface area contributed by atoms with E-state index in [4.69, 9.17) is 25.4 Å². The number of fused-ring (bicyclic) bond motifs is 1. The summed E-state index contributed by atoms with van der Waals surface area (Å²) in [5.74, 6) is 0.218. The molecule has 0 aromatic carbocycles. The van der Waals surface area contributed by atoms with E-state index < -0.39 is 46.8 Å². The van der Waals surface area contributed by atoms with Gasteiger partial charge in [-0.3, -0.25) is 8.88 Å². The Morgan fingerprint density at radius 3 is 2.16 bits per heavy atom. The van der Waals surface area contributed by atoms with Gasteiger partial charge in [0, 0.05) is 0 Å². The fourth-order valence-electron chi connectivity index (χ4n) is 2.30. The minimum Gasteiger partial charge on any atom is -0.789 e. The number of phosphoric acid groups is 2. The van der Waals surface area contributed by atoms with E-state index in [2.05, 4.69) is 19.3 Å². The topological polar surface area (TPSA) is 301 Å². The van der Waals surface area contributed by atoms with Crippen molar-refractivity contribution in [2.24, 2.45) is 0 Å². The van der Waals surface area contributed by atoms with Gasteiger partial charge < -0.3 is 55.4 Å². The number of aliphatic hydroxyl groups is 3. The van der Waals surface area contributed by atoms with Crippen molar-refractivity contribution in [2.45, 2.75) is 24.5 Å². The Bertz CT molecular complexity index is 904. The summed E-state index contributed by atoms with van der Waals surface area (Å²) in [4.78, 5) is 46.0. The molecule has 2 aromatic rings. The second-order valence-corrected chi connectivity index (χ2v) is 7.86. The van der Waals surface area contributed by atoms with Crippen molar-refractivity contribution in [3.05, 3.63) is 12.7 Å². The van der Waals surface area contributed by atoms with Gasteiger partial charge in [-0.05, 0) is 0 Å². The van der Waals surface area contributed by atoms with Gasteiger partial charge in [0.25, 0.3) is 0 Å². The van der Waals surface area contributed by atoms with Crippen molar-refractivity contribution in [1.29, 1.82) is 0 Å². The van der Waals surface area contributed by atoms with Gasteiger partial charge in [0.15, 0.2) is 17.7 Å². The van der Waals surface area contributed by atoms with Gasteiger partial charge in [0.1, 0.15) is 30.2 Å². The standard InChI is InChI=1S/C10H13N5O4.2Na.H4O7P2.H2O/c11-8-5-9(13-2-12-8)15(3-14-5)10-7(18)6(17)4(1-16)19-10;;;1-8(2,3)7-9(4,5)6;/h2-4,6-7,10,16-18H,1H2,(H2,11,12,13);;;(H2,1,2,3)(H2,4,5,6);1H2/q;2*+1;;/p-2/t4-,6-,7-,10-;;;;/m1..../s1. The van der Waals surface area contributed by atoms with Gasteiger partial charge in [0.2, 0.25) is 0 Å². The number of hydrogen-bond donors (Lipinski definition) is 6. The third kappa shape index (κ3) is 9.29. The molecule has 0 radical (unpaired) electrons. The van der Waals surface area contributed by atoms with Crippen LogP contribution in [0.5, 0.6) is 0 Å². The van der Waals surface area contributed by atoms with E-state index in [9.17, 15) is 29.1 Å². The summed E-state index contributed by atoms with van der Waals surface area (Å²) in [5.41, 5.74) is 6.44. The molecule has 1 fully saturated rings. The van der Waals surface area contributed by atoms with Gasteiger partial charge in [-0.25, -0.2) is 19.5 Å². The van der Waals surface area contributed by atoms with Crippen LogP contribution in [0, 0.1) is 0 Å². The molecule has 1 aliphatic heterocycles. The second kappa shape index (κ2) is 13.3. The minimum absolute atomic E-state index is 0. The maximum Gasteiger partial charge on any atom is 1.00 e. The number of ether oxygens (including phenoxy) is 1. The minimum atomic E-state index is -5.55. The molecule has 3 rings (SSSR count). The third-order valence-corrected chi connectivity index (χ3v) is 5.04. The van der Waals surface area contributed by atoms with Crippen LogP contribution >= 0.6 is 15.6 Å². The summed E-state index contributed by atoms with van der Waals surface area (Å²) < 4.78 is 28.5. The smallest absolute Gasteiger partial charge is 0.789 e. The van der Waals surface area contributed by atoms with Crippen molar-refractivity contribution in [3.8, 4) is 0 Å². The summed E-state index contributed by atoms with van der Waals surface area (Å²) in [5, 5.41) is 28.7. The summed E-state index contributed by atoms with van der Waals surface area (Å²) >= 11 is 0. The van der Waals surface area contributed by atoms with Crippen LogP contribution in [0.1, 0.15) is 6.23 Å². The normalized spacial score (nSPS) is 23.1. The number of nitrogens with zero attached hydrogens (tertiary/aromatic N) is 4. The Hall–Kier alpha value is 0.410. The van der Waals surface area contributed by atoms with Gasteiger partial charge in [-0.1, -0.05) is 0 Å². The molecule has 0 aliphatic carbocycles. The number of rotatable bonds is 4. The van der Waals surface area contributed by atoms with E-state index in [1.807, 2.05) is 0 Å². The molecule has 2 aromatic heterocycles. The zero-order valence-corrected chi connectivity index (χ0v) is 21.9. The predicted octanol–water partition coefficient (Wildman–Crippen LogP) is -10.9. The first-order valence-corrected chi connectivity index (χ1v) is 10.2. The molecular weight excluding hydrogens is 490 g/mol. The molecule has 1 saturated heterocycles. The molecule has 0 unspecified atom stereocenters. The van der Waals surface area contributed by atoms with Crippen LogP contribution in [0.2, 0.25) is 0 Å². The van der Waals surface area contributed by atoms with Crippen molar-refractivity contribution >= 4 is 32.6 Å². The molecule has 31 heavy (non-hydrogen) atoms. The Balaban J connectivity index is 0. The number of hydrogen-bond acceptors (Lipinski definition) is 13. The van der Waals surface area contributed by atoms with Gasteiger partial charge in [-0.2, -0.15) is 0 Å². The molecule has 1 aliphatic rings. The molecule has 4 atom stereocenters. The van der Waals surface area contributed by atoms with Gasteiger partial charge >= 0.3 is 66.9 Å². The van der Waals surface area contributed by atoms with E-state index in [1.165, 1.54) is 17.2 Å². The van der Waals surface area contributed by atoms with Crippen LogP contribution in [-0.4, -0.2) is 75.0 Å². The number of aromatic nitrogens is 4. The summed E-state index contributed by atoms with van der Waals surface area (Å²) in [6.07, 6.45) is -1.42. The van der Waals surface area contributed by atoms with E-state index in [1.54, 1.807) is 0 Å². The zero-order valence-electron chi connectivity index (χ0n) is 16.1. The van der Waals surface area contributed by atoms with Gasteiger partial charge in [-0.15, -0.1) is 0 Å². The monoisotopic (exact) mass is 507 g/mol. The number of aliphatic hydroxyl groups excluding tert-OH is 3. The summed E-state index contributed by atoms with van der Waals surface area (Å²) in [6.45, 7) is -0.390. The Morgan fingerprint density at radius 1 is 1.16 bits per heavy atom. The molecule has 9 N–H and O–H groups in total. The van der Waals surface area contributed by atoms with Crippen molar-refractivity contribution in [3.63, 3.8) is 0 Å². The number of imidazole rings is 1. The predicted molar refractivity (Wildman–Crippen MR) is 87.1 cm³/mol. The van der Waals surface area contributed by atoms with Gasteiger partial charge in [0.05, 0.1) is 20.8 Å². The van der Waals surface area contributed by atoms with Crippen LogP contribution in [0.15, 0.2) is 12.7 Å². The Morgan fingerprint density at radius 2 is 1.74 bits per heavy atom. The van der Waals surface area contributed by atoms with Crippen LogP contribution in [0.4, 0.5) is 5.82 Å². The van der Waals surface area contributed by atoms with Crippen molar-refractivity contribution in [2.75, 3.05) is 12.3 Å². The average Bonchev–Trinajstić information content (AvgIpc) is 3.08. The third-order valence-electron chi connectivity index (χ3n) is 3.38. The maximum atomic E-state index is 9.95. The zero-order chi connectivity index (χ0) is 21.3. The van der Waals surface area contributed by atoms with Crippen LogP contribution in [0.25, 0.3) is 11.2 Å². The molecule has 21 heteroatoms. The van der Waals surface area contributed by atoms with E-state index in [-0.39, 0.29) is 70.4 Å². The molecular formula is C10H17N5Na2O12P2. The largest absolute Gasteiger partial charge is 1.00 e. The quantitative estimate of drug-likeness (QED) is 0.165. The fraction of sp³-hybridized carbons (Fsp3) is 0.500.